The molecule has 23 heavy (non-hydrogen) atoms. The van der Waals surface area contributed by atoms with E-state index >= 15 is 0 Å². The number of thiazole rings is 1. The third-order valence-electron chi connectivity index (χ3n) is 4.44. The van der Waals surface area contributed by atoms with E-state index < -0.39 is 0 Å². The molecule has 0 bridgehead atoms. The first-order chi connectivity index (χ1) is 11.0. The second kappa shape index (κ2) is 6.89. The van der Waals surface area contributed by atoms with E-state index in [1.54, 1.807) is 0 Å². The Balaban J connectivity index is 1.62. The number of hydrogen-bond acceptors (Lipinski definition) is 4. The smallest absolute Gasteiger partial charge is 0.304 e. The molecule has 2 aromatic rings. The van der Waals surface area contributed by atoms with Crippen LogP contribution in [0.3, 0.4) is 0 Å². The fourth-order valence-corrected chi connectivity index (χ4v) is 4.18. The van der Waals surface area contributed by atoms with Crippen LogP contribution in [-0.4, -0.2) is 36.1 Å². The fourth-order valence-electron chi connectivity index (χ4n) is 3.15. The van der Waals surface area contributed by atoms with Gasteiger partial charge in [-0.25, -0.2) is 0 Å². The molecule has 1 fully saturated rings. The van der Waals surface area contributed by atoms with Crippen LogP contribution in [-0.2, 0) is 6.54 Å². The first kappa shape index (κ1) is 16.3. The maximum Gasteiger partial charge on any atom is 0.304 e. The predicted molar refractivity (Wildman–Crippen MR) is 97.7 cm³/mol. The number of rotatable bonds is 4. The standard InChI is InChI=1S/C18H25N3OS/c1-13(2)17-16(23-18(22)19-17)12-20-7-9-21(10-8-20)15-6-4-5-14(3)11-15/h4-6,11,13H,7-10,12H2,1-3H3,(H,19,22). The molecular formula is C18H25N3OS. The third-order valence-corrected chi connectivity index (χ3v) is 5.32. The first-order valence-electron chi connectivity index (χ1n) is 8.29. The molecule has 0 radical (unpaired) electrons. The van der Waals surface area contributed by atoms with E-state index in [0.29, 0.717) is 5.92 Å². The van der Waals surface area contributed by atoms with E-state index in [4.69, 9.17) is 0 Å². The van der Waals surface area contributed by atoms with Crippen molar-refractivity contribution in [2.24, 2.45) is 0 Å². The maximum absolute atomic E-state index is 11.7. The number of aromatic nitrogens is 1. The van der Waals surface area contributed by atoms with Gasteiger partial charge < -0.3 is 9.88 Å². The Morgan fingerprint density at radius 3 is 2.61 bits per heavy atom. The minimum Gasteiger partial charge on any atom is -0.369 e. The van der Waals surface area contributed by atoms with Gasteiger partial charge >= 0.3 is 4.87 Å². The first-order valence-corrected chi connectivity index (χ1v) is 9.10. The molecular weight excluding hydrogens is 306 g/mol. The van der Waals surface area contributed by atoms with Gasteiger partial charge in [-0.3, -0.25) is 9.69 Å². The van der Waals surface area contributed by atoms with E-state index in [9.17, 15) is 4.79 Å². The van der Waals surface area contributed by atoms with E-state index in [1.165, 1.54) is 27.5 Å². The van der Waals surface area contributed by atoms with Crippen molar-refractivity contribution in [1.29, 1.82) is 0 Å². The molecule has 0 saturated carbocycles. The summed E-state index contributed by atoms with van der Waals surface area (Å²) in [5.41, 5.74) is 3.74. The Morgan fingerprint density at radius 1 is 1.22 bits per heavy atom. The van der Waals surface area contributed by atoms with Crippen LogP contribution in [0.25, 0.3) is 0 Å². The molecule has 1 aromatic heterocycles. The van der Waals surface area contributed by atoms with Crippen LogP contribution in [0.1, 0.15) is 35.9 Å². The highest BCUT2D eigenvalue weighted by atomic mass is 32.1. The van der Waals surface area contributed by atoms with Crippen LogP contribution in [0.5, 0.6) is 0 Å². The number of nitrogens with one attached hydrogen (secondary N) is 1. The summed E-state index contributed by atoms with van der Waals surface area (Å²) in [6, 6.07) is 8.71. The monoisotopic (exact) mass is 331 g/mol. The zero-order valence-electron chi connectivity index (χ0n) is 14.1. The lowest BCUT2D eigenvalue weighted by Gasteiger charge is -2.36. The number of aryl methyl sites for hydroxylation is 1. The third kappa shape index (κ3) is 3.85. The van der Waals surface area contributed by atoms with Crippen LogP contribution in [0, 0.1) is 6.92 Å². The van der Waals surface area contributed by atoms with Crippen molar-refractivity contribution in [2.75, 3.05) is 31.1 Å². The Morgan fingerprint density at radius 2 is 1.96 bits per heavy atom. The topological polar surface area (TPSA) is 39.3 Å². The summed E-state index contributed by atoms with van der Waals surface area (Å²) < 4.78 is 0. The van der Waals surface area contributed by atoms with E-state index in [0.717, 1.165) is 38.4 Å². The number of aromatic amines is 1. The van der Waals surface area contributed by atoms with E-state index in [-0.39, 0.29) is 4.87 Å². The molecule has 1 N–H and O–H groups in total. The fraction of sp³-hybridized carbons (Fsp3) is 0.500. The molecule has 1 aromatic carbocycles. The van der Waals surface area contributed by atoms with Gasteiger partial charge in [0, 0.05) is 49.0 Å². The zero-order valence-corrected chi connectivity index (χ0v) is 14.9. The van der Waals surface area contributed by atoms with Gasteiger partial charge in [0.25, 0.3) is 0 Å². The summed E-state index contributed by atoms with van der Waals surface area (Å²) in [6.45, 7) is 11.5. The van der Waals surface area contributed by atoms with Crippen molar-refractivity contribution in [3.63, 3.8) is 0 Å². The second-order valence-corrected chi connectivity index (χ2v) is 7.68. The molecule has 3 rings (SSSR count). The average Bonchev–Trinajstić information content (AvgIpc) is 2.89. The Hall–Kier alpha value is -1.59. The largest absolute Gasteiger partial charge is 0.369 e. The van der Waals surface area contributed by atoms with Crippen molar-refractivity contribution in [2.45, 2.75) is 33.2 Å². The van der Waals surface area contributed by atoms with Gasteiger partial charge in [0.2, 0.25) is 0 Å². The zero-order chi connectivity index (χ0) is 16.4. The van der Waals surface area contributed by atoms with Crippen LogP contribution < -0.4 is 9.77 Å². The Labute approximate surface area is 141 Å². The summed E-state index contributed by atoms with van der Waals surface area (Å²) in [7, 11) is 0. The molecule has 0 spiro atoms. The molecule has 124 valence electrons. The van der Waals surface area contributed by atoms with E-state index in [2.05, 4.69) is 59.8 Å². The highest BCUT2D eigenvalue weighted by Crippen LogP contribution is 2.22. The molecule has 1 saturated heterocycles. The lowest BCUT2D eigenvalue weighted by molar-refractivity contribution is 0.251. The van der Waals surface area contributed by atoms with Gasteiger partial charge in [0.1, 0.15) is 0 Å². The van der Waals surface area contributed by atoms with Crippen LogP contribution >= 0.6 is 11.3 Å². The number of benzene rings is 1. The molecule has 4 nitrogen and oxygen atoms in total. The molecule has 0 amide bonds. The molecule has 0 unspecified atom stereocenters. The molecule has 1 aliphatic rings. The van der Waals surface area contributed by atoms with Gasteiger partial charge in [-0.05, 0) is 30.5 Å². The quantitative estimate of drug-likeness (QED) is 0.935. The molecule has 5 heteroatoms. The predicted octanol–water partition coefficient (Wildman–Crippen LogP) is 3.19. The normalized spacial score (nSPS) is 16.3. The van der Waals surface area contributed by atoms with Gasteiger partial charge in [0.05, 0.1) is 0 Å². The van der Waals surface area contributed by atoms with Crippen molar-refractivity contribution in [3.05, 3.63) is 50.1 Å². The highest BCUT2D eigenvalue weighted by molar-refractivity contribution is 7.09. The van der Waals surface area contributed by atoms with Gasteiger partial charge in [-0.2, -0.15) is 0 Å². The number of H-pyrrole nitrogens is 1. The molecule has 0 aliphatic carbocycles. The molecule has 2 heterocycles. The lowest BCUT2D eigenvalue weighted by atomic mass is 10.1. The summed E-state index contributed by atoms with van der Waals surface area (Å²) in [5, 5.41) is 0. The van der Waals surface area contributed by atoms with Crippen molar-refractivity contribution in [1.82, 2.24) is 9.88 Å². The second-order valence-electron chi connectivity index (χ2n) is 6.61. The lowest BCUT2D eigenvalue weighted by Crippen LogP contribution is -2.46. The number of hydrogen-bond donors (Lipinski definition) is 1. The SMILES string of the molecule is Cc1cccc(N2CCN(Cc3sc(=O)[nH]c3C(C)C)CC2)c1. The van der Waals surface area contributed by atoms with Crippen molar-refractivity contribution < 1.29 is 0 Å². The Kier molecular flexibility index (Phi) is 4.87. The van der Waals surface area contributed by atoms with Crippen LogP contribution in [0.4, 0.5) is 5.69 Å². The number of anilines is 1. The summed E-state index contributed by atoms with van der Waals surface area (Å²) in [6.07, 6.45) is 0. The minimum atomic E-state index is 0.0714. The Bertz CT molecular complexity index is 711. The average molecular weight is 331 g/mol. The maximum atomic E-state index is 11.7. The highest BCUT2D eigenvalue weighted by Gasteiger charge is 2.20. The van der Waals surface area contributed by atoms with Crippen LogP contribution in [0.15, 0.2) is 29.1 Å². The summed E-state index contributed by atoms with van der Waals surface area (Å²) in [5.74, 6) is 0.373. The summed E-state index contributed by atoms with van der Waals surface area (Å²) >= 11 is 1.37. The van der Waals surface area contributed by atoms with Gasteiger partial charge in [-0.15, -0.1) is 0 Å². The number of piperazine rings is 1. The van der Waals surface area contributed by atoms with Gasteiger partial charge in [-0.1, -0.05) is 37.3 Å². The van der Waals surface area contributed by atoms with Gasteiger partial charge in [0.15, 0.2) is 0 Å². The molecule has 0 atom stereocenters. The molecule has 1 aliphatic heterocycles. The van der Waals surface area contributed by atoms with E-state index in [1.807, 2.05) is 0 Å². The summed E-state index contributed by atoms with van der Waals surface area (Å²) in [4.78, 5) is 20.8. The minimum absolute atomic E-state index is 0.0714. The number of nitrogens with zero attached hydrogens (tertiary/aromatic N) is 2. The van der Waals surface area contributed by atoms with Crippen LogP contribution in [0.2, 0.25) is 0 Å². The van der Waals surface area contributed by atoms with Crippen molar-refractivity contribution in [3.8, 4) is 0 Å². The van der Waals surface area contributed by atoms with Crippen molar-refractivity contribution >= 4 is 17.0 Å².